The van der Waals surface area contributed by atoms with E-state index in [2.05, 4.69) is 5.92 Å². The molecule has 0 atom stereocenters. The zero-order valence-electron chi connectivity index (χ0n) is 6.47. The first kappa shape index (κ1) is 9.03. The molecule has 0 aliphatic carbocycles. The highest BCUT2D eigenvalue weighted by atomic mass is 16.6. The molecule has 55 valence electrons. The highest BCUT2D eigenvalue weighted by molar-refractivity contribution is 5.78. The van der Waals surface area contributed by atoms with Gasteiger partial charge in [0.25, 0.3) is 0 Å². The van der Waals surface area contributed by atoms with E-state index in [9.17, 15) is 4.79 Å². The van der Waals surface area contributed by atoms with E-state index in [1.807, 2.05) is 0 Å². The second-order valence-electron chi connectivity index (χ2n) is 2.36. The second kappa shape index (κ2) is 3.26. The standard InChI is InChI=1S/C8H11O2/c1-5-7(9)10-8(3,4)6-2/h2,5H,1,3-4H3. The number of esters is 1. The molecule has 0 rings (SSSR count). The van der Waals surface area contributed by atoms with Gasteiger partial charge in [-0.25, -0.2) is 0 Å². The summed E-state index contributed by atoms with van der Waals surface area (Å²) in [5.41, 5.74) is -0.788. The Balaban J connectivity index is 3.92. The Labute approximate surface area is 61.6 Å². The van der Waals surface area contributed by atoms with Gasteiger partial charge in [-0.05, 0) is 13.8 Å². The lowest BCUT2D eigenvalue weighted by molar-refractivity contribution is -0.147. The van der Waals surface area contributed by atoms with Crippen LogP contribution in [0.1, 0.15) is 20.8 Å². The lowest BCUT2D eigenvalue weighted by atomic mass is 10.1. The molecule has 0 aromatic carbocycles. The van der Waals surface area contributed by atoms with Gasteiger partial charge >= 0.3 is 5.97 Å². The summed E-state index contributed by atoms with van der Waals surface area (Å²) in [5.74, 6) is 1.96. The predicted octanol–water partition coefficient (Wildman–Crippen LogP) is 1.17. The van der Waals surface area contributed by atoms with Crippen LogP contribution in [0.4, 0.5) is 0 Å². The topological polar surface area (TPSA) is 26.3 Å². The van der Waals surface area contributed by atoms with Crippen molar-refractivity contribution in [2.24, 2.45) is 0 Å². The summed E-state index contributed by atoms with van der Waals surface area (Å²) < 4.78 is 4.81. The van der Waals surface area contributed by atoms with Crippen molar-refractivity contribution in [1.29, 1.82) is 0 Å². The maximum atomic E-state index is 10.6. The Kier molecular flexibility index (Phi) is 2.95. The monoisotopic (exact) mass is 139 g/mol. The first-order valence-corrected chi connectivity index (χ1v) is 3.02. The molecule has 0 N–H and O–H groups in total. The normalized spacial score (nSPS) is 10.2. The molecule has 0 bridgehead atoms. The molecule has 0 aliphatic rings. The molecule has 0 fully saturated rings. The van der Waals surface area contributed by atoms with E-state index in [0.29, 0.717) is 0 Å². The fourth-order valence-corrected chi connectivity index (χ4v) is 0.340. The SMILES string of the molecule is C#CC(C)(C)OC(=O)[CH]C. The van der Waals surface area contributed by atoms with Crippen LogP contribution >= 0.6 is 0 Å². The Bertz CT molecular complexity index is 163. The Morgan fingerprint density at radius 2 is 2.20 bits per heavy atom. The molecule has 0 saturated carbocycles. The zero-order chi connectivity index (χ0) is 8.20. The molecule has 0 aromatic rings. The third kappa shape index (κ3) is 3.13. The maximum absolute atomic E-state index is 10.6. The summed E-state index contributed by atoms with van der Waals surface area (Å²) >= 11 is 0. The number of rotatable bonds is 2. The molecule has 2 heteroatoms. The highest BCUT2D eigenvalue weighted by Crippen LogP contribution is 2.07. The van der Waals surface area contributed by atoms with Crippen LogP contribution in [0.15, 0.2) is 0 Å². The number of hydrogen-bond donors (Lipinski definition) is 0. The predicted molar refractivity (Wildman–Crippen MR) is 39.0 cm³/mol. The van der Waals surface area contributed by atoms with Gasteiger partial charge in [0.2, 0.25) is 0 Å². The first-order chi connectivity index (χ1) is 4.52. The van der Waals surface area contributed by atoms with E-state index in [4.69, 9.17) is 11.2 Å². The minimum Gasteiger partial charge on any atom is -0.446 e. The van der Waals surface area contributed by atoms with E-state index in [1.54, 1.807) is 20.8 Å². The van der Waals surface area contributed by atoms with E-state index in [1.165, 1.54) is 6.42 Å². The Morgan fingerprint density at radius 1 is 1.70 bits per heavy atom. The Morgan fingerprint density at radius 3 is 2.50 bits per heavy atom. The lowest BCUT2D eigenvalue weighted by Gasteiger charge is -2.17. The van der Waals surface area contributed by atoms with Gasteiger partial charge in [0, 0.05) is 0 Å². The second-order valence-corrected chi connectivity index (χ2v) is 2.36. The van der Waals surface area contributed by atoms with Gasteiger partial charge in [0.15, 0.2) is 5.60 Å². The number of terminal acetylenes is 1. The molecule has 10 heavy (non-hydrogen) atoms. The number of carbonyl (C=O) groups is 1. The van der Waals surface area contributed by atoms with Crippen molar-refractivity contribution in [2.45, 2.75) is 26.4 Å². The summed E-state index contributed by atoms with van der Waals surface area (Å²) in [5, 5.41) is 0. The molecular formula is C8H11O2. The van der Waals surface area contributed by atoms with Crippen LogP contribution < -0.4 is 0 Å². The van der Waals surface area contributed by atoms with Gasteiger partial charge < -0.3 is 4.74 Å². The number of ether oxygens (including phenoxy) is 1. The molecule has 0 unspecified atom stereocenters. The van der Waals surface area contributed by atoms with E-state index < -0.39 is 5.60 Å². The minimum absolute atomic E-state index is 0.386. The Hall–Kier alpha value is -0.970. The number of hydrogen-bond acceptors (Lipinski definition) is 2. The van der Waals surface area contributed by atoms with Gasteiger partial charge in [0.1, 0.15) is 0 Å². The van der Waals surface area contributed by atoms with Crippen LogP contribution in [-0.2, 0) is 9.53 Å². The van der Waals surface area contributed by atoms with Crippen molar-refractivity contribution >= 4 is 5.97 Å². The fourth-order valence-electron chi connectivity index (χ4n) is 0.340. The zero-order valence-corrected chi connectivity index (χ0v) is 6.47. The number of carbonyl (C=O) groups excluding carboxylic acids is 1. The molecule has 0 amide bonds. The maximum Gasteiger partial charge on any atom is 0.311 e. The van der Waals surface area contributed by atoms with Crippen LogP contribution in [0.25, 0.3) is 0 Å². The highest BCUT2D eigenvalue weighted by Gasteiger charge is 2.17. The largest absolute Gasteiger partial charge is 0.446 e. The smallest absolute Gasteiger partial charge is 0.311 e. The fraction of sp³-hybridized carbons (Fsp3) is 0.500. The van der Waals surface area contributed by atoms with Crippen LogP contribution in [0.2, 0.25) is 0 Å². The van der Waals surface area contributed by atoms with Gasteiger partial charge in [-0.15, -0.1) is 6.42 Å². The van der Waals surface area contributed by atoms with E-state index in [0.717, 1.165) is 0 Å². The van der Waals surface area contributed by atoms with Crippen molar-refractivity contribution in [1.82, 2.24) is 0 Å². The van der Waals surface area contributed by atoms with Crippen molar-refractivity contribution in [3.05, 3.63) is 6.42 Å². The van der Waals surface area contributed by atoms with Gasteiger partial charge in [-0.2, -0.15) is 0 Å². The lowest BCUT2D eigenvalue weighted by Crippen LogP contribution is -2.25. The molecule has 0 saturated heterocycles. The van der Waals surface area contributed by atoms with Crippen LogP contribution in [-0.4, -0.2) is 11.6 Å². The summed E-state index contributed by atoms with van der Waals surface area (Å²) in [4.78, 5) is 10.6. The third-order valence-corrected chi connectivity index (χ3v) is 0.939. The van der Waals surface area contributed by atoms with Crippen LogP contribution in [0, 0.1) is 18.8 Å². The van der Waals surface area contributed by atoms with Gasteiger partial charge in [-0.1, -0.05) is 12.8 Å². The van der Waals surface area contributed by atoms with Crippen LogP contribution in [0.5, 0.6) is 0 Å². The van der Waals surface area contributed by atoms with Gasteiger partial charge in [0.05, 0.1) is 6.42 Å². The molecule has 0 heterocycles. The summed E-state index contributed by atoms with van der Waals surface area (Å²) in [7, 11) is 0. The molecule has 0 spiro atoms. The summed E-state index contributed by atoms with van der Waals surface area (Å²) in [6.45, 7) is 4.93. The van der Waals surface area contributed by atoms with Crippen molar-refractivity contribution in [3.8, 4) is 12.3 Å². The molecule has 0 aliphatic heterocycles. The van der Waals surface area contributed by atoms with Crippen molar-refractivity contribution in [3.63, 3.8) is 0 Å². The molecule has 2 nitrogen and oxygen atoms in total. The van der Waals surface area contributed by atoms with E-state index in [-0.39, 0.29) is 5.97 Å². The quantitative estimate of drug-likeness (QED) is 0.424. The minimum atomic E-state index is -0.788. The van der Waals surface area contributed by atoms with E-state index >= 15 is 0 Å². The average Bonchev–Trinajstić information content (AvgIpc) is 1.87. The van der Waals surface area contributed by atoms with Crippen molar-refractivity contribution < 1.29 is 9.53 Å². The first-order valence-electron chi connectivity index (χ1n) is 3.02. The third-order valence-electron chi connectivity index (χ3n) is 0.939. The average molecular weight is 139 g/mol. The van der Waals surface area contributed by atoms with Gasteiger partial charge in [-0.3, -0.25) is 4.79 Å². The summed E-state index contributed by atoms with van der Waals surface area (Å²) in [6, 6.07) is 0. The molecular weight excluding hydrogens is 128 g/mol. The van der Waals surface area contributed by atoms with Crippen molar-refractivity contribution in [2.75, 3.05) is 0 Å². The molecule has 0 aromatic heterocycles. The summed E-state index contributed by atoms with van der Waals surface area (Å²) in [6.07, 6.45) is 6.40. The van der Waals surface area contributed by atoms with Crippen LogP contribution in [0.3, 0.4) is 0 Å². The molecule has 1 radical (unpaired) electrons.